The molecular weight excluding hydrogens is 210 g/mol. The van der Waals surface area contributed by atoms with Crippen molar-refractivity contribution in [1.82, 2.24) is 15.0 Å². The van der Waals surface area contributed by atoms with Crippen molar-refractivity contribution in [3.8, 4) is 0 Å². The summed E-state index contributed by atoms with van der Waals surface area (Å²) in [5.74, 6) is 0. The van der Waals surface area contributed by atoms with E-state index in [1.807, 2.05) is 12.1 Å². The lowest BCUT2D eigenvalue weighted by Crippen LogP contribution is -1.94. The van der Waals surface area contributed by atoms with Gasteiger partial charge in [-0.25, -0.2) is 4.98 Å². The van der Waals surface area contributed by atoms with Gasteiger partial charge < -0.3 is 10.1 Å². The molecule has 2 aromatic heterocycles. The van der Waals surface area contributed by atoms with Gasteiger partial charge in [0.05, 0.1) is 11.8 Å². The van der Waals surface area contributed by atoms with Crippen LogP contribution in [0.15, 0.2) is 40.8 Å². The van der Waals surface area contributed by atoms with Crippen molar-refractivity contribution in [2.24, 2.45) is 0 Å². The first-order valence-electron chi connectivity index (χ1n) is 4.57. The minimum atomic E-state index is -0.521. The number of nitrogens with one attached hydrogen (secondary N) is 1. The second kappa shape index (κ2) is 4.46. The van der Waals surface area contributed by atoms with Crippen molar-refractivity contribution in [3.63, 3.8) is 0 Å². The Morgan fingerprint density at radius 1 is 1.40 bits per heavy atom. The second-order valence-corrected chi connectivity index (χ2v) is 4.15. The van der Waals surface area contributed by atoms with Crippen LogP contribution in [0.2, 0.25) is 0 Å². The third kappa shape index (κ3) is 2.57. The number of aromatic nitrogens is 3. The summed E-state index contributed by atoms with van der Waals surface area (Å²) >= 11 is 1.50. The molecule has 1 atom stereocenters. The lowest BCUT2D eigenvalue weighted by molar-refractivity contribution is 0.194. The van der Waals surface area contributed by atoms with Gasteiger partial charge in [0.15, 0.2) is 5.16 Å². The normalized spacial score (nSPS) is 12.7. The summed E-state index contributed by atoms with van der Waals surface area (Å²) in [6.45, 7) is 1.70. The topological polar surface area (TPSA) is 61.8 Å². The van der Waals surface area contributed by atoms with Crippen LogP contribution >= 0.6 is 11.8 Å². The maximum absolute atomic E-state index is 9.28. The zero-order valence-electron chi connectivity index (χ0n) is 8.21. The highest BCUT2D eigenvalue weighted by Gasteiger charge is 2.03. The van der Waals surface area contributed by atoms with Gasteiger partial charge in [0.2, 0.25) is 0 Å². The van der Waals surface area contributed by atoms with Gasteiger partial charge in [0.25, 0.3) is 0 Å². The summed E-state index contributed by atoms with van der Waals surface area (Å²) in [6, 6.07) is 3.73. The van der Waals surface area contributed by atoms with E-state index in [1.54, 1.807) is 25.5 Å². The summed E-state index contributed by atoms with van der Waals surface area (Å²) in [4.78, 5) is 12.2. The van der Waals surface area contributed by atoms with Crippen LogP contribution in [-0.4, -0.2) is 20.1 Å². The number of pyridine rings is 1. The van der Waals surface area contributed by atoms with Gasteiger partial charge >= 0.3 is 0 Å². The Morgan fingerprint density at radius 3 is 2.80 bits per heavy atom. The molecule has 2 aromatic rings. The molecule has 1 unspecified atom stereocenters. The summed E-state index contributed by atoms with van der Waals surface area (Å²) in [5, 5.41) is 10.1. The SMILES string of the molecule is CC(O)c1ccc(Sc2ncc[nH]2)cn1. The van der Waals surface area contributed by atoms with Crippen molar-refractivity contribution in [3.05, 3.63) is 36.4 Å². The van der Waals surface area contributed by atoms with Gasteiger partial charge in [-0.2, -0.15) is 0 Å². The molecule has 2 rings (SSSR count). The quantitative estimate of drug-likeness (QED) is 0.832. The first-order valence-corrected chi connectivity index (χ1v) is 5.38. The zero-order valence-corrected chi connectivity index (χ0v) is 9.03. The maximum Gasteiger partial charge on any atom is 0.170 e. The maximum atomic E-state index is 9.28. The van der Waals surface area contributed by atoms with E-state index in [0.717, 1.165) is 10.1 Å². The minimum Gasteiger partial charge on any atom is -0.387 e. The van der Waals surface area contributed by atoms with Crippen LogP contribution in [0.5, 0.6) is 0 Å². The molecule has 0 radical (unpaired) electrons. The molecule has 0 aliphatic rings. The minimum absolute atomic E-state index is 0.521. The number of rotatable bonds is 3. The Morgan fingerprint density at radius 2 is 2.27 bits per heavy atom. The molecule has 2 heterocycles. The Balaban J connectivity index is 2.11. The summed E-state index contributed by atoms with van der Waals surface area (Å²) in [5.41, 5.74) is 0.679. The molecule has 0 bridgehead atoms. The molecule has 0 spiro atoms. The first-order chi connectivity index (χ1) is 7.25. The van der Waals surface area contributed by atoms with Crippen LogP contribution in [-0.2, 0) is 0 Å². The lowest BCUT2D eigenvalue weighted by Gasteiger charge is -2.03. The highest BCUT2D eigenvalue weighted by atomic mass is 32.2. The Hall–Kier alpha value is -1.33. The molecule has 0 aliphatic carbocycles. The predicted molar refractivity (Wildman–Crippen MR) is 57.6 cm³/mol. The average molecular weight is 221 g/mol. The lowest BCUT2D eigenvalue weighted by atomic mass is 10.2. The highest BCUT2D eigenvalue weighted by molar-refractivity contribution is 7.99. The van der Waals surface area contributed by atoms with Gasteiger partial charge in [-0.15, -0.1) is 0 Å². The molecule has 0 amide bonds. The molecule has 15 heavy (non-hydrogen) atoms. The van der Waals surface area contributed by atoms with Crippen LogP contribution in [0, 0.1) is 0 Å². The molecule has 5 heteroatoms. The number of imidazole rings is 1. The van der Waals surface area contributed by atoms with E-state index in [4.69, 9.17) is 0 Å². The fraction of sp³-hybridized carbons (Fsp3) is 0.200. The Labute approximate surface area is 91.8 Å². The average Bonchev–Trinajstić information content (AvgIpc) is 2.71. The second-order valence-electron chi connectivity index (χ2n) is 3.09. The smallest absolute Gasteiger partial charge is 0.170 e. The van der Waals surface area contributed by atoms with E-state index >= 15 is 0 Å². The van der Waals surface area contributed by atoms with E-state index in [2.05, 4.69) is 15.0 Å². The van der Waals surface area contributed by atoms with E-state index in [-0.39, 0.29) is 0 Å². The van der Waals surface area contributed by atoms with Crippen molar-refractivity contribution in [2.45, 2.75) is 23.1 Å². The molecular formula is C10H11N3OS. The summed E-state index contributed by atoms with van der Waals surface area (Å²) in [6.07, 6.45) is 4.70. The third-order valence-electron chi connectivity index (χ3n) is 1.87. The number of aromatic amines is 1. The monoisotopic (exact) mass is 221 g/mol. The van der Waals surface area contributed by atoms with Gasteiger partial charge in [-0.3, -0.25) is 4.98 Å². The number of H-pyrrole nitrogens is 1. The number of aliphatic hydroxyl groups excluding tert-OH is 1. The van der Waals surface area contributed by atoms with Crippen molar-refractivity contribution in [2.75, 3.05) is 0 Å². The highest BCUT2D eigenvalue weighted by Crippen LogP contribution is 2.24. The number of nitrogens with zero attached hydrogens (tertiary/aromatic N) is 2. The van der Waals surface area contributed by atoms with Crippen molar-refractivity contribution in [1.29, 1.82) is 0 Å². The molecule has 2 N–H and O–H groups in total. The molecule has 0 saturated carbocycles. The van der Waals surface area contributed by atoms with Crippen molar-refractivity contribution >= 4 is 11.8 Å². The fourth-order valence-corrected chi connectivity index (χ4v) is 1.82. The van der Waals surface area contributed by atoms with E-state index in [1.165, 1.54) is 11.8 Å². The predicted octanol–water partition coefficient (Wildman–Crippen LogP) is 2.01. The molecule has 4 nitrogen and oxygen atoms in total. The van der Waals surface area contributed by atoms with Crippen molar-refractivity contribution < 1.29 is 5.11 Å². The Bertz CT molecular complexity index is 411. The number of hydrogen-bond donors (Lipinski definition) is 2. The van der Waals surface area contributed by atoms with Crippen LogP contribution < -0.4 is 0 Å². The molecule has 0 aliphatic heterocycles. The number of aliphatic hydroxyl groups is 1. The summed E-state index contributed by atoms with van der Waals surface area (Å²) < 4.78 is 0. The van der Waals surface area contributed by atoms with Crippen LogP contribution in [0.1, 0.15) is 18.7 Å². The van der Waals surface area contributed by atoms with Gasteiger partial charge in [0, 0.05) is 23.5 Å². The first kappa shape index (κ1) is 10.2. The van der Waals surface area contributed by atoms with Gasteiger partial charge in [0.1, 0.15) is 0 Å². The van der Waals surface area contributed by atoms with E-state index in [9.17, 15) is 5.11 Å². The number of hydrogen-bond acceptors (Lipinski definition) is 4. The standard InChI is InChI=1S/C10H11N3OS/c1-7(14)9-3-2-8(6-13-9)15-10-11-4-5-12-10/h2-7,14H,1H3,(H,11,12). The largest absolute Gasteiger partial charge is 0.387 e. The molecule has 0 aromatic carbocycles. The van der Waals surface area contributed by atoms with Crippen LogP contribution in [0.3, 0.4) is 0 Å². The van der Waals surface area contributed by atoms with Crippen LogP contribution in [0.4, 0.5) is 0 Å². The van der Waals surface area contributed by atoms with E-state index in [0.29, 0.717) is 5.69 Å². The fourth-order valence-electron chi connectivity index (χ4n) is 1.12. The van der Waals surface area contributed by atoms with Gasteiger partial charge in [-0.1, -0.05) is 11.8 Å². The van der Waals surface area contributed by atoms with Gasteiger partial charge in [-0.05, 0) is 19.1 Å². The Kier molecular flexibility index (Phi) is 3.03. The molecule has 0 saturated heterocycles. The summed E-state index contributed by atoms with van der Waals surface area (Å²) in [7, 11) is 0. The van der Waals surface area contributed by atoms with E-state index < -0.39 is 6.10 Å². The molecule has 78 valence electrons. The van der Waals surface area contributed by atoms with Crippen LogP contribution in [0.25, 0.3) is 0 Å². The zero-order chi connectivity index (χ0) is 10.7. The molecule has 0 fully saturated rings. The third-order valence-corrected chi connectivity index (χ3v) is 2.77.